The van der Waals surface area contributed by atoms with E-state index in [1.54, 1.807) is 12.4 Å². The number of hydrogen-bond donors (Lipinski definition) is 1. The molecule has 4 aromatic rings. The number of aryl methyl sites for hydroxylation is 1. The minimum absolute atomic E-state index is 0.0680. The van der Waals surface area contributed by atoms with Crippen LogP contribution in [0.5, 0.6) is 5.75 Å². The molecule has 0 fully saturated rings. The smallest absolute Gasteiger partial charge is 0.273 e. The lowest BCUT2D eigenvalue weighted by Gasteiger charge is -2.26. The van der Waals surface area contributed by atoms with Gasteiger partial charge in [0, 0.05) is 30.1 Å². The number of aromatic nitrogens is 3. The summed E-state index contributed by atoms with van der Waals surface area (Å²) in [4.78, 5) is 19.6. The molecule has 1 unspecified atom stereocenters. The van der Waals surface area contributed by atoms with Gasteiger partial charge in [-0.1, -0.05) is 48.0 Å². The van der Waals surface area contributed by atoms with E-state index in [4.69, 9.17) is 4.74 Å². The third kappa shape index (κ3) is 3.54. The summed E-state index contributed by atoms with van der Waals surface area (Å²) in [6.45, 7) is 5.05. The van der Waals surface area contributed by atoms with E-state index in [0.717, 1.165) is 33.7 Å². The lowest BCUT2D eigenvalue weighted by molar-refractivity contribution is 0.0729. The lowest BCUT2D eigenvalue weighted by Crippen LogP contribution is -2.29. The highest BCUT2D eigenvalue weighted by Gasteiger charge is 2.42. The van der Waals surface area contributed by atoms with Crippen molar-refractivity contribution in [2.45, 2.75) is 26.4 Å². The molecule has 6 nitrogen and oxygen atoms in total. The number of ether oxygens (including phenoxy) is 1. The largest absolute Gasteiger partial charge is 0.494 e. The van der Waals surface area contributed by atoms with Crippen molar-refractivity contribution in [3.8, 4) is 17.0 Å². The topological polar surface area (TPSA) is 71.1 Å². The van der Waals surface area contributed by atoms with Crippen LogP contribution in [0.25, 0.3) is 11.3 Å². The molecule has 3 heterocycles. The molecule has 1 atom stereocenters. The van der Waals surface area contributed by atoms with E-state index >= 15 is 0 Å². The highest BCUT2D eigenvalue weighted by atomic mass is 16.5. The zero-order chi connectivity index (χ0) is 22.1. The molecule has 0 aliphatic carbocycles. The predicted molar refractivity (Wildman–Crippen MR) is 122 cm³/mol. The highest BCUT2D eigenvalue weighted by molar-refractivity contribution is 6.00. The number of carbonyl (C=O) groups excluding carboxylic acids is 1. The van der Waals surface area contributed by atoms with Crippen LogP contribution < -0.4 is 4.74 Å². The number of aromatic amines is 1. The van der Waals surface area contributed by atoms with Crippen molar-refractivity contribution < 1.29 is 9.53 Å². The Morgan fingerprint density at radius 1 is 1.09 bits per heavy atom. The maximum atomic E-state index is 13.5. The average Bonchev–Trinajstić information content (AvgIpc) is 3.35. The van der Waals surface area contributed by atoms with Crippen LogP contribution in [0, 0.1) is 6.92 Å². The molecule has 160 valence electrons. The van der Waals surface area contributed by atoms with E-state index in [-0.39, 0.29) is 11.9 Å². The fraction of sp³-hybridized carbons (Fsp3) is 0.192. The number of fused-ring (bicyclic) bond motifs is 1. The van der Waals surface area contributed by atoms with Crippen LogP contribution >= 0.6 is 0 Å². The Kier molecular flexibility index (Phi) is 5.19. The molecule has 0 spiro atoms. The molecular weight excluding hydrogens is 400 g/mol. The molecule has 0 saturated heterocycles. The molecule has 32 heavy (non-hydrogen) atoms. The van der Waals surface area contributed by atoms with Crippen LogP contribution in [0.2, 0.25) is 0 Å². The standard InChI is InChI=1S/C26H24N4O2/c1-3-32-21-8-4-7-20(14-21)25-22-23(19-11-9-17(2)10-12-19)28-29-24(22)26(31)30(25)16-18-6-5-13-27-15-18/h4-15,25H,3,16H2,1-2H3,(H,28,29). The second-order valence-electron chi connectivity index (χ2n) is 7.93. The fourth-order valence-corrected chi connectivity index (χ4v) is 4.27. The first-order valence-electron chi connectivity index (χ1n) is 10.7. The van der Waals surface area contributed by atoms with Gasteiger partial charge in [0.05, 0.1) is 18.3 Å². The van der Waals surface area contributed by atoms with Crippen molar-refractivity contribution in [2.24, 2.45) is 0 Å². The maximum Gasteiger partial charge on any atom is 0.273 e. The number of rotatable bonds is 6. The van der Waals surface area contributed by atoms with Crippen LogP contribution in [0.1, 0.15) is 45.7 Å². The second kappa shape index (κ2) is 8.30. The van der Waals surface area contributed by atoms with Gasteiger partial charge < -0.3 is 9.64 Å². The van der Waals surface area contributed by atoms with Gasteiger partial charge >= 0.3 is 0 Å². The first-order chi connectivity index (χ1) is 15.7. The number of benzene rings is 2. The quantitative estimate of drug-likeness (QED) is 0.477. The summed E-state index contributed by atoms with van der Waals surface area (Å²) in [5.74, 6) is 0.717. The predicted octanol–water partition coefficient (Wildman–Crippen LogP) is 4.92. The Labute approximate surface area is 186 Å². The molecule has 1 N–H and O–H groups in total. The third-order valence-corrected chi connectivity index (χ3v) is 5.75. The maximum absolute atomic E-state index is 13.5. The van der Waals surface area contributed by atoms with Gasteiger partial charge in [-0.15, -0.1) is 0 Å². The Morgan fingerprint density at radius 2 is 1.94 bits per heavy atom. The van der Waals surface area contributed by atoms with Gasteiger partial charge in [-0.25, -0.2) is 0 Å². The lowest BCUT2D eigenvalue weighted by atomic mass is 9.95. The van der Waals surface area contributed by atoms with E-state index in [1.807, 2.05) is 60.4 Å². The number of pyridine rings is 1. The van der Waals surface area contributed by atoms with Crippen LogP contribution in [0.3, 0.4) is 0 Å². The van der Waals surface area contributed by atoms with Crippen molar-refractivity contribution in [1.29, 1.82) is 0 Å². The minimum atomic E-state index is -0.284. The summed E-state index contributed by atoms with van der Waals surface area (Å²) in [5, 5.41) is 7.56. The number of amides is 1. The van der Waals surface area contributed by atoms with E-state index in [9.17, 15) is 4.79 Å². The van der Waals surface area contributed by atoms with Crippen molar-refractivity contribution in [1.82, 2.24) is 20.1 Å². The average molecular weight is 425 g/mol. The summed E-state index contributed by atoms with van der Waals surface area (Å²) in [7, 11) is 0. The second-order valence-corrected chi connectivity index (χ2v) is 7.93. The number of carbonyl (C=O) groups is 1. The molecule has 1 amide bonds. The molecule has 2 aromatic carbocycles. The molecular formula is C26H24N4O2. The number of nitrogens with one attached hydrogen (secondary N) is 1. The Bertz CT molecular complexity index is 1250. The Morgan fingerprint density at radius 3 is 2.69 bits per heavy atom. The van der Waals surface area contributed by atoms with Gasteiger partial charge in [0.25, 0.3) is 5.91 Å². The van der Waals surface area contributed by atoms with Gasteiger partial charge in [0.2, 0.25) is 0 Å². The Hall–Kier alpha value is -3.93. The van der Waals surface area contributed by atoms with Gasteiger partial charge in [-0.2, -0.15) is 5.10 Å². The van der Waals surface area contributed by atoms with Crippen molar-refractivity contribution in [3.63, 3.8) is 0 Å². The SMILES string of the molecule is CCOc1cccc(C2c3c(-c4ccc(C)cc4)n[nH]c3C(=O)N2Cc2cccnc2)c1. The van der Waals surface area contributed by atoms with E-state index in [0.29, 0.717) is 18.8 Å². The van der Waals surface area contributed by atoms with E-state index in [1.165, 1.54) is 5.56 Å². The first-order valence-corrected chi connectivity index (χ1v) is 10.7. The van der Waals surface area contributed by atoms with Crippen molar-refractivity contribution >= 4 is 5.91 Å². The van der Waals surface area contributed by atoms with E-state index < -0.39 is 0 Å². The van der Waals surface area contributed by atoms with Crippen LogP contribution in [-0.4, -0.2) is 32.6 Å². The number of nitrogens with zero attached hydrogens (tertiary/aromatic N) is 3. The van der Waals surface area contributed by atoms with Crippen molar-refractivity contribution in [3.05, 3.63) is 101 Å². The minimum Gasteiger partial charge on any atom is -0.494 e. The summed E-state index contributed by atoms with van der Waals surface area (Å²) >= 11 is 0. The molecule has 0 radical (unpaired) electrons. The van der Waals surface area contributed by atoms with Crippen LogP contribution in [0.4, 0.5) is 0 Å². The van der Waals surface area contributed by atoms with Crippen LogP contribution in [-0.2, 0) is 6.54 Å². The summed E-state index contributed by atoms with van der Waals surface area (Å²) < 4.78 is 5.75. The molecule has 0 bridgehead atoms. The fourth-order valence-electron chi connectivity index (χ4n) is 4.27. The monoisotopic (exact) mass is 424 g/mol. The first kappa shape index (κ1) is 20.0. The summed E-state index contributed by atoms with van der Waals surface area (Å²) in [5.41, 5.74) is 6.36. The van der Waals surface area contributed by atoms with E-state index in [2.05, 4.69) is 34.2 Å². The van der Waals surface area contributed by atoms with Gasteiger partial charge in [-0.05, 0) is 43.2 Å². The van der Waals surface area contributed by atoms with Gasteiger partial charge in [0.15, 0.2) is 0 Å². The molecule has 1 aliphatic rings. The van der Waals surface area contributed by atoms with Crippen LogP contribution in [0.15, 0.2) is 73.1 Å². The third-order valence-electron chi connectivity index (χ3n) is 5.75. The highest BCUT2D eigenvalue weighted by Crippen LogP contribution is 2.44. The molecule has 6 heteroatoms. The summed E-state index contributed by atoms with van der Waals surface area (Å²) in [6.07, 6.45) is 3.53. The molecule has 2 aromatic heterocycles. The number of hydrogen-bond acceptors (Lipinski definition) is 4. The molecule has 1 aliphatic heterocycles. The molecule has 0 saturated carbocycles. The summed E-state index contributed by atoms with van der Waals surface area (Å²) in [6, 6.07) is 19.8. The van der Waals surface area contributed by atoms with Crippen molar-refractivity contribution in [2.75, 3.05) is 6.61 Å². The molecule has 5 rings (SSSR count). The zero-order valence-corrected chi connectivity index (χ0v) is 18.1. The normalized spacial score (nSPS) is 15.1. The Balaban J connectivity index is 1.64. The van der Waals surface area contributed by atoms with Gasteiger partial charge in [-0.3, -0.25) is 14.9 Å². The van der Waals surface area contributed by atoms with Gasteiger partial charge in [0.1, 0.15) is 11.4 Å². The number of H-pyrrole nitrogens is 1. The zero-order valence-electron chi connectivity index (χ0n) is 18.1.